The van der Waals surface area contributed by atoms with E-state index in [4.69, 9.17) is 12.2 Å². The third-order valence-electron chi connectivity index (χ3n) is 3.13. The molecular weight excluding hydrogens is 352 g/mol. The van der Waals surface area contributed by atoms with Crippen molar-refractivity contribution in [3.63, 3.8) is 0 Å². The predicted octanol–water partition coefficient (Wildman–Crippen LogP) is 3.72. The molecule has 0 radical (unpaired) electrons. The van der Waals surface area contributed by atoms with Crippen molar-refractivity contribution in [1.82, 2.24) is 9.13 Å². The minimum atomic E-state index is -0.237. The van der Waals surface area contributed by atoms with Gasteiger partial charge in [0.2, 0.25) is 0 Å². The Labute approximate surface area is 136 Å². The Morgan fingerprint density at radius 2 is 1.81 bits per heavy atom. The average molecular weight is 367 g/mol. The summed E-state index contributed by atoms with van der Waals surface area (Å²) in [6, 6.07) is 8.37. The van der Waals surface area contributed by atoms with Gasteiger partial charge < -0.3 is 0 Å². The van der Waals surface area contributed by atoms with Gasteiger partial charge >= 0.3 is 0 Å². The molecule has 0 aliphatic rings. The zero-order valence-corrected chi connectivity index (χ0v) is 14.4. The van der Waals surface area contributed by atoms with Crippen LogP contribution in [0.5, 0.6) is 0 Å². The normalized spacial score (nSPS) is 10.9. The molecule has 6 heteroatoms. The van der Waals surface area contributed by atoms with Crippen LogP contribution >= 0.6 is 28.1 Å². The lowest BCUT2D eigenvalue weighted by Gasteiger charge is -2.16. The fraction of sp³-hybridized carbons (Fsp3) is 0.267. The first-order valence-electron chi connectivity index (χ1n) is 6.48. The zero-order chi connectivity index (χ0) is 15.7. The third kappa shape index (κ3) is 3.06. The van der Waals surface area contributed by atoms with E-state index in [2.05, 4.69) is 15.9 Å². The molecule has 0 bridgehead atoms. The molecule has 0 amide bonds. The molecule has 21 heavy (non-hydrogen) atoms. The summed E-state index contributed by atoms with van der Waals surface area (Å²) in [6.45, 7) is 5.43. The van der Waals surface area contributed by atoms with Crippen molar-refractivity contribution in [3.05, 3.63) is 61.2 Å². The second-order valence-electron chi connectivity index (χ2n) is 5.02. The van der Waals surface area contributed by atoms with E-state index < -0.39 is 0 Å². The molecular formula is C15H15BrN2O2S. The molecule has 0 N–H and O–H groups in total. The molecule has 0 unspecified atom stereocenters. The monoisotopic (exact) mass is 366 g/mol. The van der Waals surface area contributed by atoms with Crippen molar-refractivity contribution >= 4 is 34.1 Å². The molecule has 1 heterocycles. The number of nitrogens with zero attached hydrogens (tertiary/aromatic N) is 2. The highest BCUT2D eigenvalue weighted by Crippen LogP contribution is 2.13. The van der Waals surface area contributed by atoms with Crippen LogP contribution < -0.4 is 5.56 Å². The fourth-order valence-corrected chi connectivity index (χ4v) is 2.90. The van der Waals surface area contributed by atoms with Crippen LogP contribution in [0.15, 0.2) is 39.6 Å². The Morgan fingerprint density at radius 3 is 2.33 bits per heavy atom. The smallest absolute Gasteiger partial charge is 0.264 e. The summed E-state index contributed by atoms with van der Waals surface area (Å²) in [5, 5.41) is 0. The summed E-state index contributed by atoms with van der Waals surface area (Å²) in [6.07, 6.45) is 0. The largest absolute Gasteiger partial charge is 0.282 e. The summed E-state index contributed by atoms with van der Waals surface area (Å²) in [5.74, 6) is -0.237. The highest BCUT2D eigenvalue weighted by molar-refractivity contribution is 9.10. The summed E-state index contributed by atoms with van der Waals surface area (Å²) >= 11 is 8.68. The lowest BCUT2D eigenvalue weighted by Crippen LogP contribution is -2.30. The first-order chi connectivity index (χ1) is 9.82. The van der Waals surface area contributed by atoms with Crippen LogP contribution in [0.25, 0.3) is 0 Å². The summed E-state index contributed by atoms with van der Waals surface area (Å²) in [7, 11) is 0. The highest BCUT2D eigenvalue weighted by atomic mass is 79.9. The van der Waals surface area contributed by atoms with E-state index in [0.29, 0.717) is 11.3 Å². The number of rotatable bonds is 2. The van der Waals surface area contributed by atoms with E-state index in [1.54, 1.807) is 31.2 Å². The van der Waals surface area contributed by atoms with Gasteiger partial charge in [0.25, 0.3) is 11.5 Å². The van der Waals surface area contributed by atoms with Gasteiger partial charge in [-0.15, -0.1) is 0 Å². The van der Waals surface area contributed by atoms with Crippen LogP contribution in [0.2, 0.25) is 0 Å². The summed E-state index contributed by atoms with van der Waals surface area (Å²) in [4.78, 5) is 24.7. The van der Waals surface area contributed by atoms with Crippen LogP contribution in [-0.4, -0.2) is 15.0 Å². The highest BCUT2D eigenvalue weighted by Gasteiger charge is 2.15. The van der Waals surface area contributed by atoms with Gasteiger partial charge in [-0.25, -0.2) is 0 Å². The molecule has 110 valence electrons. The molecule has 0 atom stereocenters. The molecule has 1 aromatic carbocycles. The Morgan fingerprint density at radius 1 is 1.24 bits per heavy atom. The topological polar surface area (TPSA) is 44.0 Å². The maximum atomic E-state index is 12.7. The molecule has 0 spiro atoms. The van der Waals surface area contributed by atoms with Crippen LogP contribution in [-0.2, 0) is 0 Å². The maximum Gasteiger partial charge on any atom is 0.264 e. The van der Waals surface area contributed by atoms with E-state index in [9.17, 15) is 9.59 Å². The van der Waals surface area contributed by atoms with Crippen molar-refractivity contribution in [2.24, 2.45) is 0 Å². The number of aryl methyl sites for hydroxylation is 1. The van der Waals surface area contributed by atoms with Gasteiger partial charge in [0.05, 0.1) is 0 Å². The number of carbonyl (C=O) groups is 1. The predicted molar refractivity (Wildman–Crippen MR) is 88.5 cm³/mol. The van der Waals surface area contributed by atoms with Gasteiger partial charge in [-0.2, -0.15) is 0 Å². The second kappa shape index (κ2) is 6.07. The molecule has 0 aliphatic carbocycles. The molecule has 0 fully saturated rings. The van der Waals surface area contributed by atoms with Gasteiger partial charge in [-0.05, 0) is 57.3 Å². The quantitative estimate of drug-likeness (QED) is 0.760. The van der Waals surface area contributed by atoms with E-state index in [-0.39, 0.29) is 22.3 Å². The van der Waals surface area contributed by atoms with Gasteiger partial charge in [-0.3, -0.25) is 18.7 Å². The Balaban J connectivity index is 2.67. The fourth-order valence-electron chi connectivity index (χ4n) is 2.11. The van der Waals surface area contributed by atoms with Crippen molar-refractivity contribution in [2.75, 3.05) is 0 Å². The lowest BCUT2D eigenvalue weighted by atomic mass is 10.2. The number of halogens is 1. The van der Waals surface area contributed by atoms with Crippen molar-refractivity contribution < 1.29 is 4.79 Å². The minimum absolute atomic E-state index is 0.102. The molecule has 1 aromatic heterocycles. The van der Waals surface area contributed by atoms with E-state index in [1.807, 2.05) is 13.8 Å². The first-order valence-corrected chi connectivity index (χ1v) is 7.68. The van der Waals surface area contributed by atoms with Crippen molar-refractivity contribution in [3.8, 4) is 0 Å². The first kappa shape index (κ1) is 15.9. The number of hydrogen-bond donors (Lipinski definition) is 0. The van der Waals surface area contributed by atoms with Crippen molar-refractivity contribution in [2.45, 2.75) is 26.8 Å². The van der Waals surface area contributed by atoms with E-state index in [1.165, 1.54) is 15.2 Å². The lowest BCUT2D eigenvalue weighted by molar-refractivity contribution is 0.0952. The minimum Gasteiger partial charge on any atom is -0.282 e. The number of aromatic nitrogens is 2. The molecule has 0 saturated heterocycles. The van der Waals surface area contributed by atoms with Gasteiger partial charge in [0.1, 0.15) is 0 Å². The number of hydrogen-bond acceptors (Lipinski definition) is 3. The van der Waals surface area contributed by atoms with Crippen LogP contribution in [0.1, 0.15) is 35.9 Å². The van der Waals surface area contributed by atoms with Crippen LogP contribution in [0, 0.1) is 11.7 Å². The zero-order valence-electron chi connectivity index (χ0n) is 12.0. The number of carbonyl (C=O) groups excluding carboxylic acids is 1. The summed E-state index contributed by atoms with van der Waals surface area (Å²) in [5.41, 5.74) is 0.869. The van der Waals surface area contributed by atoms with Gasteiger partial charge in [-0.1, -0.05) is 15.9 Å². The van der Waals surface area contributed by atoms with E-state index >= 15 is 0 Å². The maximum absolute atomic E-state index is 12.7. The standard InChI is InChI=1S/C15H15BrN2O2S/c1-9(2)17-13(19)8-10(3)18(15(17)21)14(20)11-4-6-12(16)7-5-11/h4-9H,1-3H3. The SMILES string of the molecule is Cc1cc(=O)n(C(C)C)c(=S)n1C(=O)c1ccc(Br)cc1. The van der Waals surface area contributed by atoms with E-state index in [0.717, 1.165) is 4.47 Å². The van der Waals surface area contributed by atoms with Gasteiger partial charge in [0.15, 0.2) is 4.77 Å². The molecule has 2 rings (SSSR count). The summed E-state index contributed by atoms with van der Waals surface area (Å²) < 4.78 is 3.97. The molecule has 0 saturated carbocycles. The molecule has 4 nitrogen and oxygen atoms in total. The molecule has 0 aliphatic heterocycles. The van der Waals surface area contributed by atoms with Crippen LogP contribution in [0.3, 0.4) is 0 Å². The Bertz CT molecular complexity index is 804. The average Bonchev–Trinajstić information content (AvgIpc) is 2.38. The van der Waals surface area contributed by atoms with Gasteiger partial charge in [0, 0.05) is 27.8 Å². The molecule has 2 aromatic rings. The Kier molecular flexibility index (Phi) is 4.58. The second-order valence-corrected chi connectivity index (χ2v) is 6.30. The number of benzene rings is 1. The van der Waals surface area contributed by atoms with Crippen LogP contribution in [0.4, 0.5) is 0 Å². The third-order valence-corrected chi connectivity index (χ3v) is 4.04. The van der Waals surface area contributed by atoms with Crippen molar-refractivity contribution in [1.29, 1.82) is 0 Å². The Hall–Kier alpha value is -1.53.